The van der Waals surface area contributed by atoms with Gasteiger partial charge in [-0.25, -0.2) is 4.79 Å². The van der Waals surface area contributed by atoms with E-state index in [9.17, 15) is 26.4 Å². The zero-order valence-corrected chi connectivity index (χ0v) is 9.66. The molecule has 0 bridgehead atoms. The molecule has 1 unspecified atom stereocenters. The van der Waals surface area contributed by atoms with Gasteiger partial charge in [0.1, 0.15) is 0 Å². The quantitative estimate of drug-likeness (QED) is 0.474. The third kappa shape index (κ3) is 2.85. The maximum Gasteiger partial charge on any atom is 0.526 e. The first-order chi connectivity index (χ1) is 8.06. The van der Waals surface area contributed by atoms with Crippen LogP contribution in [0.3, 0.4) is 0 Å². The van der Waals surface area contributed by atoms with Gasteiger partial charge in [-0.1, -0.05) is 0 Å². The van der Waals surface area contributed by atoms with Crippen molar-refractivity contribution < 1.29 is 40.7 Å². The minimum atomic E-state index is -5.88. The van der Waals surface area contributed by atoms with Crippen molar-refractivity contribution in [3.8, 4) is 0 Å². The topological polar surface area (TPSA) is 93.1 Å². The molecule has 1 atom stereocenters. The predicted octanol–water partition coefficient (Wildman–Crippen LogP) is 1.05. The number of hydrogen-bond acceptors (Lipinski definition) is 5. The summed E-state index contributed by atoms with van der Waals surface area (Å²) in [4.78, 5) is 15.5. The molecule has 0 fully saturated rings. The van der Waals surface area contributed by atoms with Crippen LogP contribution >= 0.6 is 0 Å². The smallest absolute Gasteiger partial charge is 0.465 e. The van der Waals surface area contributed by atoms with E-state index in [1.54, 1.807) is 0 Å². The van der Waals surface area contributed by atoms with E-state index in [1.165, 1.54) is 6.92 Å². The second-order valence-electron chi connectivity index (χ2n) is 3.27. The minimum Gasteiger partial charge on any atom is -0.465 e. The lowest BCUT2D eigenvalue weighted by atomic mass is 10.3. The van der Waals surface area contributed by atoms with Crippen molar-refractivity contribution in [3.05, 3.63) is 11.8 Å². The lowest BCUT2D eigenvalue weighted by Crippen LogP contribution is -2.35. The summed E-state index contributed by atoms with van der Waals surface area (Å²) in [6.45, 7) is 1.16. The molecule has 18 heavy (non-hydrogen) atoms. The fourth-order valence-electron chi connectivity index (χ4n) is 1.14. The molecule has 1 heterocycles. The molecule has 1 aliphatic rings. The summed E-state index contributed by atoms with van der Waals surface area (Å²) in [6.07, 6.45) is -0.221. The van der Waals surface area contributed by atoms with Crippen molar-refractivity contribution in [1.82, 2.24) is 4.90 Å². The van der Waals surface area contributed by atoms with Gasteiger partial charge in [0.15, 0.2) is 5.76 Å². The van der Waals surface area contributed by atoms with Gasteiger partial charge >= 0.3 is 21.7 Å². The van der Waals surface area contributed by atoms with Gasteiger partial charge in [0.25, 0.3) is 0 Å². The van der Waals surface area contributed by atoms with E-state index >= 15 is 0 Å². The molecule has 7 nitrogen and oxygen atoms in total. The van der Waals surface area contributed by atoms with Crippen molar-refractivity contribution in [2.45, 2.75) is 18.5 Å². The molecule has 104 valence electrons. The number of carbonyl (C=O) groups is 1. The molecule has 0 aromatic rings. The highest BCUT2D eigenvalue weighted by atomic mass is 32.2. The summed E-state index contributed by atoms with van der Waals surface area (Å²) in [5.41, 5.74) is -5.61. The number of halogens is 3. The van der Waals surface area contributed by atoms with Gasteiger partial charge in [0.05, 0.1) is 6.04 Å². The molecule has 1 N–H and O–H groups in total. The van der Waals surface area contributed by atoms with Gasteiger partial charge < -0.3 is 9.99 Å². The Balaban J connectivity index is 2.65. The van der Waals surface area contributed by atoms with Crippen molar-refractivity contribution in [3.63, 3.8) is 0 Å². The molecule has 1 rings (SSSR count). The number of nitrogens with zero attached hydrogens (tertiary/aromatic N) is 1. The Kier molecular flexibility index (Phi) is 3.76. The average Bonchev–Trinajstić information content (AvgIpc) is 2.55. The van der Waals surface area contributed by atoms with Gasteiger partial charge in [-0.05, 0) is 17.3 Å². The van der Waals surface area contributed by atoms with Crippen molar-refractivity contribution in [2.24, 2.45) is 0 Å². The molecular weight excluding hydrogens is 283 g/mol. The average molecular weight is 291 g/mol. The first-order valence-corrected chi connectivity index (χ1v) is 5.84. The summed E-state index contributed by atoms with van der Waals surface area (Å²) < 4.78 is 60.0. The van der Waals surface area contributed by atoms with Gasteiger partial charge in [-0.2, -0.15) is 21.6 Å². The van der Waals surface area contributed by atoms with Crippen LogP contribution in [-0.2, 0) is 19.3 Å². The zero-order valence-electron chi connectivity index (χ0n) is 8.84. The number of hydrogen-bond donors (Lipinski definition) is 1. The summed E-state index contributed by atoms with van der Waals surface area (Å²) >= 11 is 0. The maximum atomic E-state index is 11.9. The third-order valence-electron chi connectivity index (χ3n) is 2.12. The lowest BCUT2D eigenvalue weighted by molar-refractivity contribution is -0.184. The van der Waals surface area contributed by atoms with Crippen LogP contribution in [0.1, 0.15) is 6.92 Å². The van der Waals surface area contributed by atoms with Gasteiger partial charge in [-0.3, -0.25) is 4.90 Å². The van der Waals surface area contributed by atoms with E-state index in [0.717, 1.165) is 11.0 Å². The number of rotatable bonds is 3. The van der Waals surface area contributed by atoms with E-state index in [0.29, 0.717) is 0 Å². The third-order valence-corrected chi connectivity index (χ3v) is 2.93. The molecule has 0 radical (unpaired) electrons. The van der Waals surface area contributed by atoms with E-state index in [1.807, 2.05) is 0 Å². The largest absolute Gasteiger partial charge is 0.526 e. The van der Waals surface area contributed by atoms with Crippen molar-refractivity contribution in [1.29, 1.82) is 0 Å². The van der Waals surface area contributed by atoms with Crippen molar-refractivity contribution in [2.75, 3.05) is 6.54 Å². The molecule has 1 amide bonds. The van der Waals surface area contributed by atoms with Gasteiger partial charge in [0.2, 0.25) is 0 Å². The van der Waals surface area contributed by atoms with Crippen LogP contribution in [0.5, 0.6) is 0 Å². The van der Waals surface area contributed by atoms with Crippen LogP contribution in [0.4, 0.5) is 18.0 Å². The van der Waals surface area contributed by atoms with E-state index in [-0.39, 0.29) is 12.3 Å². The number of alkyl halides is 3. The molecule has 11 heteroatoms. The molecule has 0 saturated carbocycles. The lowest BCUT2D eigenvalue weighted by Gasteiger charge is -2.19. The Hall–Kier alpha value is -1.49. The highest BCUT2D eigenvalue weighted by Crippen LogP contribution is 2.27. The Bertz CT molecular complexity index is 470. The Morgan fingerprint density at radius 1 is 1.56 bits per heavy atom. The van der Waals surface area contributed by atoms with Crippen molar-refractivity contribution >= 4 is 16.2 Å². The van der Waals surface area contributed by atoms with Crippen LogP contribution in [0.2, 0.25) is 0 Å². The zero-order chi connectivity index (χ0) is 14.1. The van der Waals surface area contributed by atoms with E-state index < -0.39 is 27.8 Å². The van der Waals surface area contributed by atoms with Crippen LogP contribution in [0, 0.1) is 0 Å². The number of amides is 1. The SMILES string of the molecule is CC1C(OOS(=O)(=O)C(F)(F)F)=CCN1C(=O)O. The molecule has 0 aromatic carbocycles. The fourth-order valence-corrected chi connectivity index (χ4v) is 1.39. The summed E-state index contributed by atoms with van der Waals surface area (Å²) in [7, 11) is -5.88. The van der Waals surface area contributed by atoms with Crippen LogP contribution in [-0.4, -0.2) is 42.6 Å². The van der Waals surface area contributed by atoms with Crippen LogP contribution in [0.25, 0.3) is 0 Å². The first-order valence-electron chi connectivity index (χ1n) is 4.43. The van der Waals surface area contributed by atoms with Crippen LogP contribution in [0.15, 0.2) is 11.8 Å². The maximum absolute atomic E-state index is 11.9. The Labute approximate surface area is 99.4 Å². The highest BCUT2D eigenvalue weighted by Gasteiger charge is 2.49. The molecule has 0 spiro atoms. The first kappa shape index (κ1) is 14.6. The normalized spacial score (nSPS) is 20.8. The Morgan fingerprint density at radius 2 is 2.11 bits per heavy atom. The predicted molar refractivity (Wildman–Crippen MR) is 49.4 cm³/mol. The second-order valence-corrected chi connectivity index (χ2v) is 4.78. The molecule has 1 aliphatic heterocycles. The van der Waals surface area contributed by atoms with E-state index in [4.69, 9.17) is 5.11 Å². The summed E-state index contributed by atoms with van der Waals surface area (Å²) in [6, 6.07) is -0.939. The molecule has 0 aliphatic carbocycles. The second kappa shape index (κ2) is 4.65. The van der Waals surface area contributed by atoms with Gasteiger partial charge in [0, 0.05) is 6.54 Å². The minimum absolute atomic E-state index is 0.138. The monoisotopic (exact) mass is 291 g/mol. The molecule has 0 saturated heterocycles. The van der Waals surface area contributed by atoms with Crippen LogP contribution < -0.4 is 0 Å². The van der Waals surface area contributed by atoms with E-state index in [2.05, 4.69) is 9.22 Å². The Morgan fingerprint density at radius 3 is 2.50 bits per heavy atom. The standard InChI is InChI=1S/C7H8F3NO6S/c1-4-5(2-3-11(4)6(12)13)16-17-18(14,15)7(8,9)10/h2,4H,3H2,1H3,(H,12,13). The molecule has 0 aromatic heterocycles. The molecular formula is C7H8F3NO6S. The summed E-state index contributed by atoms with van der Waals surface area (Å²) in [5, 5.41) is 8.66. The number of carboxylic acid groups (broad SMARTS) is 1. The highest BCUT2D eigenvalue weighted by molar-refractivity contribution is 7.87. The van der Waals surface area contributed by atoms with Gasteiger partial charge in [-0.15, -0.1) is 0 Å². The fraction of sp³-hybridized carbons (Fsp3) is 0.571. The summed E-state index contributed by atoms with van der Waals surface area (Å²) in [5.74, 6) is -0.328.